The van der Waals surface area contributed by atoms with Crippen LogP contribution in [0.1, 0.15) is 10.5 Å². The van der Waals surface area contributed by atoms with Crippen molar-refractivity contribution in [1.82, 2.24) is 4.98 Å². The number of hydrogen-bond donors (Lipinski definition) is 1. The van der Waals surface area contributed by atoms with E-state index in [1.165, 1.54) is 18.2 Å². The average molecular weight is 298 g/mol. The summed E-state index contributed by atoms with van der Waals surface area (Å²) >= 11 is 3.16. The number of aromatic amines is 1. The lowest BCUT2D eigenvalue weighted by molar-refractivity contribution is 0.0916. The van der Waals surface area contributed by atoms with Crippen LogP contribution in [0.3, 0.4) is 0 Å². The monoisotopic (exact) mass is 297 g/mol. The number of ketones is 1. The second-order valence-electron chi connectivity index (χ2n) is 3.37. The van der Waals surface area contributed by atoms with Gasteiger partial charge in [0.1, 0.15) is 11.6 Å². The van der Waals surface area contributed by atoms with Crippen LogP contribution in [0.15, 0.2) is 41.0 Å². The summed E-state index contributed by atoms with van der Waals surface area (Å²) in [6.07, 6.45) is 1.67. The molecule has 0 fully saturated rings. The molecule has 1 N–H and O–H groups in total. The molecule has 2 rings (SSSR count). The van der Waals surface area contributed by atoms with E-state index in [1.54, 1.807) is 18.3 Å². The minimum absolute atomic E-state index is 0.0925. The molecule has 5 heteroatoms. The minimum Gasteiger partial charge on any atom is -0.484 e. The van der Waals surface area contributed by atoms with Gasteiger partial charge in [-0.15, -0.1) is 0 Å². The van der Waals surface area contributed by atoms with Crippen LogP contribution in [-0.2, 0) is 0 Å². The Morgan fingerprint density at radius 3 is 2.88 bits per heavy atom. The molecule has 0 radical (unpaired) electrons. The molecule has 0 unspecified atom stereocenters. The number of carbonyl (C=O) groups is 1. The average Bonchev–Trinajstić information content (AvgIpc) is 2.81. The Labute approximate surface area is 106 Å². The zero-order valence-electron chi connectivity index (χ0n) is 8.74. The number of carbonyl (C=O) groups excluding carboxylic acids is 1. The van der Waals surface area contributed by atoms with Crippen molar-refractivity contribution in [3.8, 4) is 5.75 Å². The van der Waals surface area contributed by atoms with Crippen molar-refractivity contribution < 1.29 is 13.9 Å². The highest BCUT2D eigenvalue weighted by Gasteiger charge is 2.09. The van der Waals surface area contributed by atoms with Gasteiger partial charge in [0.2, 0.25) is 5.78 Å². The Balaban J connectivity index is 2.01. The molecule has 0 aliphatic rings. The highest BCUT2D eigenvalue weighted by molar-refractivity contribution is 9.10. The topological polar surface area (TPSA) is 42.1 Å². The first-order valence-corrected chi connectivity index (χ1v) is 5.70. The van der Waals surface area contributed by atoms with Gasteiger partial charge in [-0.2, -0.15) is 0 Å². The lowest BCUT2D eigenvalue weighted by Crippen LogP contribution is -2.12. The SMILES string of the molecule is O=C(COc1ccc(F)cc1Br)c1ccc[nH]1. The van der Waals surface area contributed by atoms with Crippen LogP contribution in [0.25, 0.3) is 0 Å². The van der Waals surface area contributed by atoms with E-state index >= 15 is 0 Å². The molecule has 1 heterocycles. The highest BCUT2D eigenvalue weighted by Crippen LogP contribution is 2.25. The Morgan fingerprint density at radius 2 is 2.24 bits per heavy atom. The van der Waals surface area contributed by atoms with Crippen LogP contribution in [-0.4, -0.2) is 17.4 Å². The fraction of sp³-hybridized carbons (Fsp3) is 0.0833. The molecule has 0 saturated heterocycles. The van der Waals surface area contributed by atoms with Gasteiger partial charge in [-0.1, -0.05) is 0 Å². The van der Waals surface area contributed by atoms with Gasteiger partial charge in [0.15, 0.2) is 6.61 Å². The zero-order chi connectivity index (χ0) is 12.3. The number of nitrogens with one attached hydrogen (secondary N) is 1. The van der Waals surface area contributed by atoms with Crippen molar-refractivity contribution in [2.24, 2.45) is 0 Å². The molecule has 0 spiro atoms. The van der Waals surface area contributed by atoms with E-state index in [0.29, 0.717) is 15.9 Å². The first-order valence-electron chi connectivity index (χ1n) is 4.91. The van der Waals surface area contributed by atoms with Crippen LogP contribution in [0.5, 0.6) is 5.75 Å². The van der Waals surface area contributed by atoms with Crippen molar-refractivity contribution in [3.63, 3.8) is 0 Å². The molecule has 0 aliphatic heterocycles. The summed E-state index contributed by atoms with van der Waals surface area (Å²) in [7, 11) is 0. The largest absolute Gasteiger partial charge is 0.484 e. The smallest absolute Gasteiger partial charge is 0.216 e. The maximum Gasteiger partial charge on any atom is 0.216 e. The fourth-order valence-electron chi connectivity index (χ4n) is 1.32. The molecule has 0 amide bonds. The maximum atomic E-state index is 12.8. The number of ether oxygens (including phenoxy) is 1. The van der Waals surface area contributed by atoms with Gasteiger partial charge in [0.05, 0.1) is 10.2 Å². The first kappa shape index (κ1) is 11.9. The predicted molar refractivity (Wildman–Crippen MR) is 64.7 cm³/mol. The molecular weight excluding hydrogens is 289 g/mol. The van der Waals surface area contributed by atoms with Gasteiger partial charge in [0.25, 0.3) is 0 Å². The van der Waals surface area contributed by atoms with Crippen molar-refractivity contribution in [2.75, 3.05) is 6.61 Å². The molecule has 0 bridgehead atoms. The molecule has 17 heavy (non-hydrogen) atoms. The molecule has 0 saturated carbocycles. The standard InChI is InChI=1S/C12H9BrFNO2/c13-9-6-8(14)3-4-12(9)17-7-11(16)10-2-1-5-15-10/h1-6,15H,7H2. The molecular formula is C12H9BrFNO2. The fourth-order valence-corrected chi connectivity index (χ4v) is 1.78. The van der Waals surface area contributed by atoms with E-state index < -0.39 is 0 Å². The lowest BCUT2D eigenvalue weighted by atomic mass is 10.3. The number of benzene rings is 1. The summed E-state index contributed by atoms with van der Waals surface area (Å²) in [5, 5.41) is 0. The lowest BCUT2D eigenvalue weighted by Gasteiger charge is -2.06. The van der Waals surface area contributed by atoms with E-state index in [2.05, 4.69) is 20.9 Å². The van der Waals surface area contributed by atoms with Gasteiger partial charge < -0.3 is 9.72 Å². The summed E-state index contributed by atoms with van der Waals surface area (Å²) < 4.78 is 18.6. The zero-order valence-corrected chi connectivity index (χ0v) is 10.3. The molecule has 0 aliphatic carbocycles. The summed E-state index contributed by atoms with van der Waals surface area (Å²) in [5.74, 6) is -0.0857. The Hall–Kier alpha value is -1.62. The van der Waals surface area contributed by atoms with Crippen LogP contribution in [0, 0.1) is 5.82 Å². The molecule has 1 aromatic carbocycles. The highest BCUT2D eigenvalue weighted by atomic mass is 79.9. The minimum atomic E-state index is -0.361. The van der Waals surface area contributed by atoms with Gasteiger partial charge in [-0.05, 0) is 46.3 Å². The quantitative estimate of drug-likeness (QED) is 0.881. The van der Waals surface area contributed by atoms with E-state index in [1.807, 2.05) is 0 Å². The molecule has 0 atom stereocenters. The third-order valence-electron chi connectivity index (χ3n) is 2.15. The van der Waals surface area contributed by atoms with Crippen molar-refractivity contribution in [2.45, 2.75) is 0 Å². The third kappa shape index (κ3) is 2.94. The van der Waals surface area contributed by atoms with E-state index in [0.717, 1.165) is 0 Å². The van der Waals surface area contributed by atoms with E-state index in [9.17, 15) is 9.18 Å². The van der Waals surface area contributed by atoms with Crippen LogP contribution in [0.2, 0.25) is 0 Å². The van der Waals surface area contributed by atoms with Crippen molar-refractivity contribution in [3.05, 3.63) is 52.5 Å². The number of rotatable bonds is 4. The molecule has 1 aromatic heterocycles. The summed E-state index contributed by atoms with van der Waals surface area (Å²) in [4.78, 5) is 14.4. The second-order valence-corrected chi connectivity index (χ2v) is 4.22. The summed E-state index contributed by atoms with van der Waals surface area (Å²) in [5.41, 5.74) is 0.489. The second kappa shape index (κ2) is 5.14. The summed E-state index contributed by atoms with van der Waals surface area (Å²) in [6, 6.07) is 7.45. The van der Waals surface area contributed by atoms with Crippen LogP contribution < -0.4 is 4.74 Å². The van der Waals surface area contributed by atoms with E-state index in [-0.39, 0.29) is 18.2 Å². The number of H-pyrrole nitrogens is 1. The summed E-state index contributed by atoms with van der Waals surface area (Å²) in [6.45, 7) is -0.0925. The number of aromatic nitrogens is 1. The number of hydrogen-bond acceptors (Lipinski definition) is 2. The van der Waals surface area contributed by atoms with Crippen molar-refractivity contribution >= 4 is 21.7 Å². The Bertz CT molecular complexity index is 525. The first-order chi connectivity index (χ1) is 8.16. The van der Waals surface area contributed by atoms with E-state index in [4.69, 9.17) is 4.74 Å². The Kier molecular flexibility index (Phi) is 3.58. The predicted octanol–water partition coefficient (Wildman–Crippen LogP) is 3.18. The van der Waals surface area contributed by atoms with Gasteiger partial charge in [-0.25, -0.2) is 4.39 Å². The Morgan fingerprint density at radius 1 is 1.41 bits per heavy atom. The van der Waals surface area contributed by atoms with Gasteiger partial charge in [0, 0.05) is 6.20 Å². The van der Waals surface area contributed by atoms with Gasteiger partial charge >= 0.3 is 0 Å². The molecule has 88 valence electrons. The van der Waals surface area contributed by atoms with Crippen LogP contribution in [0.4, 0.5) is 4.39 Å². The normalized spacial score (nSPS) is 10.2. The van der Waals surface area contributed by atoms with Gasteiger partial charge in [-0.3, -0.25) is 4.79 Å². The number of Topliss-reactive ketones (excluding diaryl/α,β-unsaturated/α-hetero) is 1. The maximum absolute atomic E-state index is 12.8. The molecule has 3 nitrogen and oxygen atoms in total. The number of halogens is 2. The molecule has 2 aromatic rings. The van der Waals surface area contributed by atoms with Crippen molar-refractivity contribution in [1.29, 1.82) is 0 Å². The van der Waals surface area contributed by atoms with Crippen LogP contribution >= 0.6 is 15.9 Å². The third-order valence-corrected chi connectivity index (χ3v) is 2.77.